The number of aryl methyl sites for hydroxylation is 1. The molecule has 11 nitrogen and oxygen atoms in total. The molecule has 3 rings (SSSR count). The lowest BCUT2D eigenvalue weighted by atomic mass is 10.1. The van der Waals surface area contributed by atoms with Crippen LogP contribution in [0.5, 0.6) is 5.75 Å². The van der Waals surface area contributed by atoms with Crippen molar-refractivity contribution in [3.8, 4) is 5.75 Å². The van der Waals surface area contributed by atoms with Crippen LogP contribution in [-0.4, -0.2) is 59.9 Å². The number of aromatic nitrogens is 1. The van der Waals surface area contributed by atoms with Gasteiger partial charge in [0.1, 0.15) is 11.3 Å². The second-order valence-corrected chi connectivity index (χ2v) is 8.60. The number of amides is 1. The second-order valence-electron chi connectivity index (χ2n) is 7.62. The number of hydrogen-bond donors (Lipinski definition) is 0. The molecule has 0 saturated carbocycles. The number of nitro groups is 2. The highest BCUT2D eigenvalue weighted by Gasteiger charge is 2.26. The summed E-state index contributed by atoms with van der Waals surface area (Å²) in [6.45, 7) is 2.88. The quantitative estimate of drug-likeness (QED) is 0.336. The van der Waals surface area contributed by atoms with Crippen molar-refractivity contribution < 1.29 is 19.4 Å². The first-order valence-electron chi connectivity index (χ1n) is 9.97. The van der Waals surface area contributed by atoms with Gasteiger partial charge < -0.3 is 9.64 Å². The van der Waals surface area contributed by atoms with Gasteiger partial charge >= 0.3 is 0 Å². The third-order valence-corrected chi connectivity index (χ3v) is 6.16. The molecule has 2 aromatic carbocycles. The van der Waals surface area contributed by atoms with Gasteiger partial charge in [0.15, 0.2) is 5.13 Å². The number of anilines is 1. The number of fused-ring (bicyclic) bond motifs is 1. The van der Waals surface area contributed by atoms with E-state index in [2.05, 4.69) is 4.98 Å². The molecule has 0 spiro atoms. The first-order chi connectivity index (χ1) is 15.6. The molecule has 0 saturated heterocycles. The normalized spacial score (nSPS) is 11.1. The summed E-state index contributed by atoms with van der Waals surface area (Å²) >= 11 is 1.30. The minimum Gasteiger partial charge on any atom is -0.494 e. The monoisotopic (exact) mass is 473 g/mol. The number of rotatable bonds is 9. The lowest BCUT2D eigenvalue weighted by molar-refractivity contribution is -0.394. The van der Waals surface area contributed by atoms with Gasteiger partial charge in [-0.05, 0) is 45.6 Å². The minimum absolute atomic E-state index is 0.149. The minimum atomic E-state index is -0.758. The summed E-state index contributed by atoms with van der Waals surface area (Å²) in [5.41, 5.74) is 0.364. The summed E-state index contributed by atoms with van der Waals surface area (Å²) in [6, 6.07) is 6.62. The lowest BCUT2D eigenvalue weighted by Crippen LogP contribution is -2.33. The Morgan fingerprint density at radius 2 is 1.73 bits per heavy atom. The molecule has 0 radical (unpaired) electrons. The Labute approximate surface area is 193 Å². The number of non-ortho nitro benzene ring substituents is 2. The molecule has 0 fully saturated rings. The fourth-order valence-electron chi connectivity index (χ4n) is 3.29. The van der Waals surface area contributed by atoms with E-state index in [9.17, 15) is 25.0 Å². The highest BCUT2D eigenvalue weighted by Crippen LogP contribution is 2.37. The highest BCUT2D eigenvalue weighted by molar-refractivity contribution is 7.22. The third kappa shape index (κ3) is 5.23. The van der Waals surface area contributed by atoms with Crippen LogP contribution in [0.1, 0.15) is 22.3 Å². The van der Waals surface area contributed by atoms with Crippen LogP contribution in [0.15, 0.2) is 30.3 Å². The van der Waals surface area contributed by atoms with E-state index in [0.717, 1.165) is 28.5 Å². The number of nitro benzene ring substituents is 2. The topological polar surface area (TPSA) is 132 Å². The largest absolute Gasteiger partial charge is 0.494 e. The van der Waals surface area contributed by atoms with Crippen molar-refractivity contribution in [2.75, 3.05) is 39.2 Å². The van der Waals surface area contributed by atoms with Gasteiger partial charge in [-0.1, -0.05) is 17.4 Å². The molecule has 0 aliphatic rings. The Balaban J connectivity index is 2.11. The zero-order valence-electron chi connectivity index (χ0n) is 18.6. The van der Waals surface area contributed by atoms with Crippen LogP contribution in [-0.2, 0) is 0 Å². The fourth-order valence-corrected chi connectivity index (χ4v) is 4.37. The number of ether oxygens (including phenoxy) is 1. The van der Waals surface area contributed by atoms with Crippen molar-refractivity contribution in [2.45, 2.75) is 13.3 Å². The van der Waals surface area contributed by atoms with E-state index in [-0.39, 0.29) is 12.1 Å². The summed E-state index contributed by atoms with van der Waals surface area (Å²) in [7, 11) is 5.34. The number of nitrogens with zero attached hydrogens (tertiary/aromatic N) is 5. The van der Waals surface area contributed by atoms with Crippen molar-refractivity contribution in [1.29, 1.82) is 0 Å². The Bertz CT molecular complexity index is 1190. The Morgan fingerprint density at radius 1 is 1.09 bits per heavy atom. The predicted octanol–water partition coefficient (Wildman–Crippen LogP) is 4.03. The van der Waals surface area contributed by atoms with Gasteiger partial charge in [0.05, 0.1) is 33.3 Å². The molecule has 0 bridgehead atoms. The van der Waals surface area contributed by atoms with Crippen LogP contribution in [0.3, 0.4) is 0 Å². The second kappa shape index (κ2) is 9.88. The molecule has 0 unspecified atom stereocenters. The van der Waals surface area contributed by atoms with Crippen LogP contribution < -0.4 is 9.64 Å². The molecule has 12 heteroatoms. The molecule has 3 aromatic rings. The van der Waals surface area contributed by atoms with Crippen molar-refractivity contribution in [1.82, 2.24) is 9.88 Å². The van der Waals surface area contributed by atoms with Gasteiger partial charge in [0, 0.05) is 18.7 Å². The molecule has 0 N–H and O–H groups in total. The summed E-state index contributed by atoms with van der Waals surface area (Å²) in [4.78, 5) is 42.6. The molecule has 1 heterocycles. The van der Waals surface area contributed by atoms with E-state index in [0.29, 0.717) is 29.4 Å². The van der Waals surface area contributed by atoms with Crippen molar-refractivity contribution in [2.24, 2.45) is 0 Å². The van der Waals surface area contributed by atoms with Gasteiger partial charge in [-0.15, -0.1) is 0 Å². The Kier molecular flexibility index (Phi) is 7.19. The van der Waals surface area contributed by atoms with E-state index in [4.69, 9.17) is 4.74 Å². The zero-order valence-corrected chi connectivity index (χ0v) is 19.4. The average Bonchev–Trinajstić information content (AvgIpc) is 3.22. The van der Waals surface area contributed by atoms with Gasteiger partial charge in [-0.2, -0.15) is 0 Å². The number of methoxy groups -OCH3 is 1. The average molecular weight is 474 g/mol. The lowest BCUT2D eigenvalue weighted by Gasteiger charge is -2.21. The van der Waals surface area contributed by atoms with Crippen molar-refractivity contribution in [3.63, 3.8) is 0 Å². The van der Waals surface area contributed by atoms with Gasteiger partial charge in [-0.25, -0.2) is 4.98 Å². The smallest absolute Gasteiger partial charge is 0.277 e. The number of carbonyl (C=O) groups excluding carboxylic acids is 1. The molecule has 0 aliphatic heterocycles. The van der Waals surface area contributed by atoms with Crippen molar-refractivity contribution >= 4 is 44.0 Å². The van der Waals surface area contributed by atoms with Gasteiger partial charge in [0.2, 0.25) is 0 Å². The van der Waals surface area contributed by atoms with Crippen molar-refractivity contribution in [3.05, 3.63) is 61.7 Å². The highest BCUT2D eigenvalue weighted by atomic mass is 32.1. The zero-order chi connectivity index (χ0) is 24.3. The van der Waals surface area contributed by atoms with E-state index in [1.54, 1.807) is 6.07 Å². The van der Waals surface area contributed by atoms with E-state index in [1.165, 1.54) is 23.3 Å². The van der Waals surface area contributed by atoms with E-state index < -0.39 is 27.1 Å². The van der Waals surface area contributed by atoms with E-state index in [1.807, 2.05) is 32.0 Å². The summed E-state index contributed by atoms with van der Waals surface area (Å²) in [5.74, 6) is -0.0407. The summed E-state index contributed by atoms with van der Waals surface area (Å²) in [5, 5.41) is 23.0. The molecule has 0 atom stereocenters. The maximum Gasteiger partial charge on any atom is 0.277 e. The number of carbonyl (C=O) groups is 1. The fraction of sp³-hybridized carbons (Fsp3) is 0.333. The van der Waals surface area contributed by atoms with Crippen LogP contribution in [0, 0.1) is 27.2 Å². The SMILES string of the molecule is COc1ccc(C)c2sc(N(CCCN(C)C)C(=O)c3cc([N+](=O)[O-])cc([N+](=O)[O-])c3)nc12. The maximum atomic E-state index is 13.5. The van der Waals surface area contributed by atoms with Crippen LogP contribution >= 0.6 is 11.3 Å². The molecule has 1 aromatic heterocycles. The number of thiazole rings is 1. The van der Waals surface area contributed by atoms with Gasteiger partial charge in [0.25, 0.3) is 17.3 Å². The number of benzene rings is 2. The summed E-state index contributed by atoms with van der Waals surface area (Å²) < 4.78 is 6.25. The predicted molar refractivity (Wildman–Crippen MR) is 126 cm³/mol. The molecule has 0 aliphatic carbocycles. The molecule has 33 heavy (non-hydrogen) atoms. The van der Waals surface area contributed by atoms with Crippen LogP contribution in [0.25, 0.3) is 10.2 Å². The van der Waals surface area contributed by atoms with Crippen LogP contribution in [0.4, 0.5) is 16.5 Å². The Morgan fingerprint density at radius 3 is 2.27 bits per heavy atom. The summed E-state index contributed by atoms with van der Waals surface area (Å²) in [6.07, 6.45) is 0.599. The standard InChI is InChI=1S/C21H23N5O6S/c1-13-6-7-17(32-4)18-19(13)33-21(22-18)24(9-5-8-23(2)3)20(27)14-10-15(25(28)29)12-16(11-14)26(30)31/h6-7,10-12H,5,8-9H2,1-4H3. The molecular weight excluding hydrogens is 450 g/mol. The first kappa shape index (κ1) is 24.0. The molecule has 174 valence electrons. The molecule has 1 amide bonds. The number of hydrogen-bond acceptors (Lipinski definition) is 9. The Hall–Kier alpha value is -3.64. The van der Waals surface area contributed by atoms with E-state index >= 15 is 0 Å². The maximum absolute atomic E-state index is 13.5. The molecular formula is C21H23N5O6S. The van der Waals surface area contributed by atoms with Crippen LogP contribution in [0.2, 0.25) is 0 Å². The first-order valence-corrected chi connectivity index (χ1v) is 10.8. The van der Waals surface area contributed by atoms with Gasteiger partial charge in [-0.3, -0.25) is 29.9 Å². The third-order valence-electron chi connectivity index (χ3n) is 4.95.